The van der Waals surface area contributed by atoms with Crippen molar-refractivity contribution < 1.29 is 38.2 Å². The summed E-state index contributed by atoms with van der Waals surface area (Å²) < 4.78 is 17.2. The van der Waals surface area contributed by atoms with Gasteiger partial charge in [0.25, 0.3) is 0 Å². The molecule has 0 saturated carbocycles. The quantitative estimate of drug-likeness (QED) is 0.0259. The lowest BCUT2D eigenvalue weighted by molar-refractivity contribution is -0.889. The van der Waals surface area contributed by atoms with Crippen LogP contribution in [0.4, 0.5) is 0 Å². The van der Waals surface area contributed by atoms with Crippen LogP contribution in [0, 0.1) is 0 Å². The van der Waals surface area contributed by atoms with Crippen molar-refractivity contribution >= 4 is 17.9 Å². The number of quaternary nitrogens is 1. The number of likely N-dealkylation sites (N-methyl/N-ethyl adjacent to an activating group) is 1. The molecule has 0 aromatic rings. The minimum absolute atomic E-state index is 0.0169. The molecule has 2 unspecified atom stereocenters. The maximum Gasteiger partial charge on any atom is 0.306 e. The third kappa shape index (κ3) is 46.8. The summed E-state index contributed by atoms with van der Waals surface area (Å²) in [5.74, 6) is -1.81. The molecule has 68 heavy (non-hydrogen) atoms. The van der Waals surface area contributed by atoms with Crippen molar-refractivity contribution in [3.63, 3.8) is 0 Å². The minimum atomic E-state index is -1.14. The van der Waals surface area contributed by atoms with Gasteiger partial charge in [0, 0.05) is 19.3 Å². The van der Waals surface area contributed by atoms with E-state index in [4.69, 9.17) is 14.2 Å². The van der Waals surface area contributed by atoms with E-state index < -0.39 is 18.1 Å². The summed E-state index contributed by atoms with van der Waals surface area (Å²) in [6.45, 7) is 4.38. The predicted molar refractivity (Wildman–Crippen MR) is 286 cm³/mol. The van der Waals surface area contributed by atoms with E-state index >= 15 is 0 Å². The number of rotatable bonds is 46. The average molecular weight is 944 g/mol. The Morgan fingerprint density at radius 3 is 1.18 bits per heavy atom. The highest BCUT2D eigenvalue weighted by Crippen LogP contribution is 2.14. The van der Waals surface area contributed by atoms with Crippen LogP contribution < -0.4 is 5.11 Å². The number of carboxylic acids is 1. The van der Waals surface area contributed by atoms with E-state index in [1.54, 1.807) is 21.1 Å². The molecule has 0 aliphatic carbocycles. The number of hydrogen-bond donors (Lipinski definition) is 0. The molecule has 0 rings (SSSR count). The SMILES string of the molecule is CC/C=C/C/C=C/C/C=C/C/C=C/C/C=C/C/C=C/CCCCC(=O)OCC(COCCC(C(=O)[O-])[N+](C)(C)C)OC(=O)CCCCCCCCCCCC/C=C/C/C=C/C/C=C/C/C=C/CC. The van der Waals surface area contributed by atoms with E-state index in [-0.39, 0.29) is 49.1 Å². The van der Waals surface area contributed by atoms with Gasteiger partial charge >= 0.3 is 11.9 Å². The van der Waals surface area contributed by atoms with E-state index in [0.29, 0.717) is 12.8 Å². The fraction of sp³-hybridized carbons (Fsp3) is 0.617. The lowest BCUT2D eigenvalue weighted by Crippen LogP contribution is -2.55. The highest BCUT2D eigenvalue weighted by molar-refractivity contribution is 5.70. The van der Waals surface area contributed by atoms with E-state index in [0.717, 1.165) is 103 Å². The molecule has 0 bridgehead atoms. The number of aliphatic carboxylic acids is 1. The molecular weight excluding hydrogens is 847 g/mol. The molecule has 8 nitrogen and oxygen atoms in total. The van der Waals surface area contributed by atoms with Crippen LogP contribution in [0.15, 0.2) is 122 Å². The lowest BCUT2D eigenvalue weighted by Gasteiger charge is -2.34. The molecule has 0 N–H and O–H groups in total. The molecule has 0 aliphatic rings. The Labute approximate surface area is 416 Å². The highest BCUT2D eigenvalue weighted by atomic mass is 16.6. The Kier molecular flexibility index (Phi) is 46.1. The van der Waals surface area contributed by atoms with Crippen molar-refractivity contribution in [1.82, 2.24) is 0 Å². The molecule has 0 aromatic heterocycles. The van der Waals surface area contributed by atoms with Gasteiger partial charge in [-0.15, -0.1) is 0 Å². The van der Waals surface area contributed by atoms with Crippen LogP contribution in [-0.2, 0) is 28.6 Å². The molecule has 2 atom stereocenters. The second-order valence-corrected chi connectivity index (χ2v) is 18.3. The van der Waals surface area contributed by atoms with Crippen molar-refractivity contribution in [1.29, 1.82) is 0 Å². The van der Waals surface area contributed by atoms with Gasteiger partial charge in [0.15, 0.2) is 6.10 Å². The van der Waals surface area contributed by atoms with Crippen LogP contribution in [0.1, 0.15) is 187 Å². The molecule has 8 heteroatoms. The normalized spacial score (nSPS) is 13.8. The van der Waals surface area contributed by atoms with E-state index in [2.05, 4.69) is 135 Å². The first-order valence-corrected chi connectivity index (χ1v) is 26.6. The summed E-state index contributed by atoms with van der Waals surface area (Å²) in [5.41, 5.74) is 0. The first-order valence-electron chi connectivity index (χ1n) is 26.6. The van der Waals surface area contributed by atoms with Gasteiger partial charge in [0.05, 0.1) is 40.3 Å². The summed E-state index contributed by atoms with van der Waals surface area (Å²) >= 11 is 0. The smallest absolute Gasteiger partial charge is 0.306 e. The van der Waals surface area contributed by atoms with E-state index in [9.17, 15) is 19.5 Å². The number of allylic oxidation sites excluding steroid dienone is 20. The van der Waals surface area contributed by atoms with Crippen LogP contribution in [0.5, 0.6) is 0 Å². The molecular formula is C60H97NO7. The van der Waals surface area contributed by atoms with Gasteiger partial charge in [-0.2, -0.15) is 0 Å². The second-order valence-electron chi connectivity index (χ2n) is 18.3. The molecule has 0 aromatic carbocycles. The molecule has 0 aliphatic heterocycles. The summed E-state index contributed by atoms with van der Waals surface area (Å²) in [4.78, 5) is 37.1. The number of esters is 2. The molecule has 0 heterocycles. The minimum Gasteiger partial charge on any atom is -0.544 e. The molecule has 384 valence electrons. The zero-order chi connectivity index (χ0) is 49.9. The van der Waals surface area contributed by atoms with Crippen molar-refractivity contribution in [2.75, 3.05) is 41.0 Å². The molecule has 0 radical (unpaired) electrons. The van der Waals surface area contributed by atoms with Gasteiger partial charge in [-0.1, -0.05) is 187 Å². The van der Waals surface area contributed by atoms with Crippen molar-refractivity contribution in [2.45, 2.75) is 199 Å². The number of carbonyl (C=O) groups excluding carboxylic acids is 3. The van der Waals surface area contributed by atoms with E-state index in [1.165, 1.54) is 44.9 Å². The Bertz CT molecular complexity index is 1520. The van der Waals surface area contributed by atoms with Crippen LogP contribution in [0.25, 0.3) is 0 Å². The predicted octanol–water partition coefficient (Wildman–Crippen LogP) is 14.4. The number of unbranched alkanes of at least 4 members (excludes halogenated alkanes) is 12. The standard InChI is InChI=1S/C60H97NO7/c1-6-8-10-12-14-16-18-20-22-24-26-28-29-31-33-35-37-39-41-43-45-47-49-51-59(63)68-56(54-66-53-52-57(60(64)65)61(3,4)5)55-67-58(62)50-48-46-44-42-40-38-36-34-32-30-27-25-23-21-19-17-15-13-11-9-7-2/h8-11,14-17,20-23,26-28,30,34,36,40,42,56-57H,6-7,12-13,18-19,24-25,29,31-33,35,37-39,41,43-55H2,1-5H3/b10-8+,11-9+,16-14+,17-15+,22-20+,23-21+,28-26+,30-27+,36-34+,42-40+. The summed E-state index contributed by atoms with van der Waals surface area (Å²) in [5, 5.41) is 11.7. The van der Waals surface area contributed by atoms with Crippen LogP contribution >= 0.6 is 0 Å². The Hall–Kier alpha value is -4.27. The first kappa shape index (κ1) is 63.7. The number of carbonyl (C=O) groups is 3. The average Bonchev–Trinajstić information content (AvgIpc) is 3.30. The van der Waals surface area contributed by atoms with Gasteiger partial charge < -0.3 is 28.6 Å². The highest BCUT2D eigenvalue weighted by Gasteiger charge is 2.25. The van der Waals surface area contributed by atoms with Crippen molar-refractivity contribution in [2.24, 2.45) is 0 Å². The van der Waals surface area contributed by atoms with E-state index in [1.807, 2.05) is 0 Å². The number of nitrogens with zero attached hydrogens (tertiary/aromatic N) is 1. The number of hydrogen-bond acceptors (Lipinski definition) is 7. The van der Waals surface area contributed by atoms with Gasteiger partial charge in [-0.3, -0.25) is 9.59 Å². The number of ether oxygens (including phenoxy) is 3. The van der Waals surface area contributed by atoms with Crippen molar-refractivity contribution in [3.8, 4) is 0 Å². The fourth-order valence-electron chi connectivity index (χ4n) is 7.06. The zero-order valence-corrected chi connectivity index (χ0v) is 43.7. The topological polar surface area (TPSA) is 102 Å². The Morgan fingerprint density at radius 1 is 0.441 bits per heavy atom. The van der Waals surface area contributed by atoms with Crippen LogP contribution in [0.2, 0.25) is 0 Å². The summed E-state index contributed by atoms with van der Waals surface area (Å²) in [6, 6.07) is -0.742. The third-order valence-corrected chi connectivity index (χ3v) is 11.1. The van der Waals surface area contributed by atoms with Crippen LogP contribution in [0.3, 0.4) is 0 Å². The second kappa shape index (κ2) is 49.2. The monoisotopic (exact) mass is 944 g/mol. The molecule has 0 spiro atoms. The zero-order valence-electron chi connectivity index (χ0n) is 43.7. The lowest BCUT2D eigenvalue weighted by atomic mass is 10.0. The Morgan fingerprint density at radius 2 is 0.779 bits per heavy atom. The summed E-state index contributed by atoms with van der Waals surface area (Å²) in [7, 11) is 5.39. The number of carboxylic acid groups (broad SMARTS) is 1. The molecule has 0 saturated heterocycles. The largest absolute Gasteiger partial charge is 0.544 e. The van der Waals surface area contributed by atoms with Crippen molar-refractivity contribution in [3.05, 3.63) is 122 Å². The van der Waals surface area contributed by atoms with Crippen LogP contribution in [-0.4, -0.2) is 75.5 Å². The molecule has 0 amide bonds. The third-order valence-electron chi connectivity index (χ3n) is 11.1. The van der Waals surface area contributed by atoms with Gasteiger partial charge in [0.2, 0.25) is 0 Å². The van der Waals surface area contributed by atoms with Gasteiger partial charge in [-0.25, -0.2) is 0 Å². The first-order chi connectivity index (χ1) is 33.1. The van der Waals surface area contributed by atoms with Gasteiger partial charge in [0.1, 0.15) is 12.6 Å². The maximum absolute atomic E-state index is 12.8. The van der Waals surface area contributed by atoms with Gasteiger partial charge in [-0.05, 0) is 103 Å². The Balaban J connectivity index is 4.33. The fourth-order valence-corrected chi connectivity index (χ4v) is 7.06. The summed E-state index contributed by atoms with van der Waals surface area (Å²) in [6.07, 6.45) is 69.5. The maximum atomic E-state index is 12.8. The molecule has 0 fully saturated rings.